The number of carbonyl (C=O) groups is 1. The second-order valence-corrected chi connectivity index (χ2v) is 5.17. The number of ketones is 1. The van der Waals surface area contributed by atoms with Gasteiger partial charge in [0.05, 0.1) is 11.6 Å². The van der Waals surface area contributed by atoms with Crippen LogP contribution in [0.5, 0.6) is 0 Å². The summed E-state index contributed by atoms with van der Waals surface area (Å²) < 4.78 is 0. The van der Waals surface area contributed by atoms with Crippen LogP contribution in [0.1, 0.15) is 21.5 Å². The van der Waals surface area contributed by atoms with E-state index < -0.39 is 0 Å². The summed E-state index contributed by atoms with van der Waals surface area (Å²) in [4.78, 5) is 15.5. The molecule has 0 amide bonds. The highest BCUT2D eigenvalue weighted by Crippen LogP contribution is 2.23. The van der Waals surface area contributed by atoms with Crippen LogP contribution in [0.3, 0.4) is 0 Å². The zero-order valence-corrected chi connectivity index (χ0v) is 11.8. The maximum Gasteiger partial charge on any atom is 0.169 e. The minimum absolute atomic E-state index is 0.000873. The number of aromatic nitrogens is 1. The van der Waals surface area contributed by atoms with Gasteiger partial charge in [0.25, 0.3) is 0 Å². The van der Waals surface area contributed by atoms with Crippen molar-refractivity contribution in [3.63, 3.8) is 0 Å². The molecule has 0 spiro atoms. The third-order valence-corrected chi connectivity index (χ3v) is 3.79. The molecule has 1 heterocycles. The number of nitrogens with one attached hydrogen (secondary N) is 1. The Hall–Kier alpha value is -2.57. The predicted octanol–water partition coefficient (Wildman–Crippen LogP) is 4.12. The van der Waals surface area contributed by atoms with E-state index in [1.165, 1.54) is 0 Å². The van der Waals surface area contributed by atoms with E-state index in [2.05, 4.69) is 11.1 Å². The van der Waals surface area contributed by atoms with Crippen molar-refractivity contribution in [3.8, 4) is 6.07 Å². The van der Waals surface area contributed by atoms with E-state index in [9.17, 15) is 4.79 Å². The summed E-state index contributed by atoms with van der Waals surface area (Å²) in [5, 5.41) is 10.3. The summed E-state index contributed by atoms with van der Waals surface area (Å²) in [5.74, 6) is -0.000873. The molecule has 0 aliphatic heterocycles. The third-order valence-electron chi connectivity index (χ3n) is 3.42. The van der Waals surface area contributed by atoms with Gasteiger partial charge in [0.15, 0.2) is 5.78 Å². The van der Waals surface area contributed by atoms with Gasteiger partial charge in [-0.05, 0) is 23.8 Å². The highest BCUT2D eigenvalue weighted by atomic mass is 35.5. The fraction of sp³-hybridized carbons (Fsp3) is 0.0588. The smallest absolute Gasteiger partial charge is 0.169 e. The van der Waals surface area contributed by atoms with E-state index in [4.69, 9.17) is 16.9 Å². The lowest BCUT2D eigenvalue weighted by molar-refractivity contribution is 0.0994. The summed E-state index contributed by atoms with van der Waals surface area (Å²) in [5.41, 5.74) is 2.78. The van der Waals surface area contributed by atoms with Crippen molar-refractivity contribution in [2.24, 2.45) is 0 Å². The summed E-state index contributed by atoms with van der Waals surface area (Å²) in [6.45, 7) is 0. The molecule has 0 saturated carbocycles. The second kappa shape index (κ2) is 5.43. The summed E-state index contributed by atoms with van der Waals surface area (Å²) >= 11 is 6.09. The van der Waals surface area contributed by atoms with Crippen molar-refractivity contribution in [1.82, 2.24) is 4.98 Å². The maximum absolute atomic E-state index is 12.5. The summed E-state index contributed by atoms with van der Waals surface area (Å²) in [6, 6.07) is 14.7. The molecule has 1 N–H and O–H groups in total. The third kappa shape index (κ3) is 2.54. The lowest BCUT2D eigenvalue weighted by Crippen LogP contribution is -2.03. The number of benzene rings is 2. The molecule has 3 aromatic rings. The molecule has 21 heavy (non-hydrogen) atoms. The first-order valence-corrected chi connectivity index (χ1v) is 6.84. The number of nitriles is 1. The lowest BCUT2D eigenvalue weighted by atomic mass is 10.0. The van der Waals surface area contributed by atoms with Crippen LogP contribution in [0, 0.1) is 11.3 Å². The number of halogens is 1. The van der Waals surface area contributed by atoms with E-state index in [0.717, 1.165) is 16.5 Å². The van der Waals surface area contributed by atoms with Crippen molar-refractivity contribution >= 4 is 28.3 Å². The topological polar surface area (TPSA) is 56.6 Å². The number of nitrogens with zero attached hydrogens (tertiary/aromatic N) is 1. The standard InChI is InChI=1S/C17H11ClN2O/c18-15-4-2-1-3-12(15)8-17(21)14-10-20-16-7-11(9-19)5-6-13(14)16/h1-7,10,20H,8H2. The molecule has 0 radical (unpaired) electrons. The molecule has 0 unspecified atom stereocenters. The molecule has 0 saturated heterocycles. The molecule has 4 heteroatoms. The van der Waals surface area contributed by atoms with Gasteiger partial charge in [0, 0.05) is 34.1 Å². The second-order valence-electron chi connectivity index (χ2n) is 4.77. The zero-order chi connectivity index (χ0) is 14.8. The van der Waals surface area contributed by atoms with E-state index in [0.29, 0.717) is 16.1 Å². The normalized spacial score (nSPS) is 10.5. The number of Topliss-reactive ketones (excluding diaryl/α,β-unsaturated/α-hetero) is 1. The molecule has 0 fully saturated rings. The Morgan fingerprint density at radius 2 is 2.05 bits per heavy atom. The Bertz CT molecular complexity index is 874. The van der Waals surface area contributed by atoms with Gasteiger partial charge in [-0.25, -0.2) is 0 Å². The predicted molar refractivity (Wildman–Crippen MR) is 82.5 cm³/mol. The molecule has 0 aliphatic carbocycles. The summed E-state index contributed by atoms with van der Waals surface area (Å²) in [6.07, 6.45) is 1.94. The number of hydrogen-bond acceptors (Lipinski definition) is 2. The van der Waals surface area contributed by atoms with Crippen LogP contribution in [-0.4, -0.2) is 10.8 Å². The average molecular weight is 295 g/mol. The van der Waals surface area contributed by atoms with Gasteiger partial charge in [-0.1, -0.05) is 35.9 Å². The van der Waals surface area contributed by atoms with Gasteiger partial charge in [0.1, 0.15) is 0 Å². The first kappa shape index (κ1) is 13.4. The lowest BCUT2D eigenvalue weighted by Gasteiger charge is -2.03. The molecule has 0 aliphatic rings. The minimum Gasteiger partial charge on any atom is -0.360 e. The van der Waals surface area contributed by atoms with E-state index in [1.807, 2.05) is 18.2 Å². The molecular weight excluding hydrogens is 284 g/mol. The highest BCUT2D eigenvalue weighted by molar-refractivity contribution is 6.31. The Morgan fingerprint density at radius 3 is 2.81 bits per heavy atom. The van der Waals surface area contributed by atoms with Gasteiger partial charge in [-0.3, -0.25) is 4.79 Å². The minimum atomic E-state index is -0.000873. The Balaban J connectivity index is 1.96. The fourth-order valence-electron chi connectivity index (χ4n) is 2.34. The molecule has 0 bridgehead atoms. The molecule has 2 aromatic carbocycles. The van der Waals surface area contributed by atoms with Crippen molar-refractivity contribution in [3.05, 3.63) is 70.4 Å². The maximum atomic E-state index is 12.5. The van der Waals surface area contributed by atoms with Crippen molar-refractivity contribution in [1.29, 1.82) is 5.26 Å². The van der Waals surface area contributed by atoms with Gasteiger partial charge in [0.2, 0.25) is 0 Å². The number of fused-ring (bicyclic) bond motifs is 1. The molecule has 3 nitrogen and oxygen atoms in total. The average Bonchev–Trinajstić information content (AvgIpc) is 2.92. The van der Waals surface area contributed by atoms with Crippen molar-refractivity contribution in [2.75, 3.05) is 0 Å². The van der Waals surface area contributed by atoms with Crippen molar-refractivity contribution < 1.29 is 4.79 Å². The van der Waals surface area contributed by atoms with E-state index in [-0.39, 0.29) is 12.2 Å². The van der Waals surface area contributed by atoms with Crippen LogP contribution in [0.15, 0.2) is 48.7 Å². The van der Waals surface area contributed by atoms with Crippen LogP contribution in [-0.2, 0) is 6.42 Å². The number of rotatable bonds is 3. The van der Waals surface area contributed by atoms with Crippen LogP contribution >= 0.6 is 11.6 Å². The van der Waals surface area contributed by atoms with Crippen LogP contribution in [0.4, 0.5) is 0 Å². The number of carbonyl (C=O) groups excluding carboxylic acids is 1. The first-order valence-electron chi connectivity index (χ1n) is 6.47. The molecule has 0 atom stereocenters. The number of hydrogen-bond donors (Lipinski definition) is 1. The molecule has 102 valence electrons. The zero-order valence-electron chi connectivity index (χ0n) is 11.1. The van der Waals surface area contributed by atoms with E-state index in [1.54, 1.807) is 30.5 Å². The van der Waals surface area contributed by atoms with Gasteiger partial charge in [-0.2, -0.15) is 5.26 Å². The Labute approximate surface area is 126 Å². The van der Waals surface area contributed by atoms with Crippen LogP contribution < -0.4 is 0 Å². The van der Waals surface area contributed by atoms with Crippen molar-refractivity contribution in [2.45, 2.75) is 6.42 Å². The highest BCUT2D eigenvalue weighted by Gasteiger charge is 2.14. The van der Waals surface area contributed by atoms with E-state index >= 15 is 0 Å². The van der Waals surface area contributed by atoms with Gasteiger partial charge < -0.3 is 4.98 Å². The molecule has 3 rings (SSSR count). The Morgan fingerprint density at radius 1 is 1.24 bits per heavy atom. The fourth-order valence-corrected chi connectivity index (χ4v) is 2.54. The van der Waals surface area contributed by atoms with Crippen LogP contribution in [0.25, 0.3) is 10.9 Å². The monoisotopic (exact) mass is 294 g/mol. The SMILES string of the molecule is N#Cc1ccc2c(C(=O)Cc3ccccc3Cl)c[nH]c2c1. The van der Waals surface area contributed by atoms with Gasteiger partial charge in [-0.15, -0.1) is 0 Å². The first-order chi connectivity index (χ1) is 10.2. The number of aromatic amines is 1. The molecular formula is C17H11ClN2O. The molecule has 1 aromatic heterocycles. The Kier molecular flexibility index (Phi) is 3.47. The largest absolute Gasteiger partial charge is 0.360 e. The quantitative estimate of drug-likeness (QED) is 0.739. The summed E-state index contributed by atoms with van der Waals surface area (Å²) in [7, 11) is 0. The van der Waals surface area contributed by atoms with Crippen LogP contribution in [0.2, 0.25) is 5.02 Å². The number of H-pyrrole nitrogens is 1. The van der Waals surface area contributed by atoms with Gasteiger partial charge >= 0.3 is 0 Å².